The van der Waals surface area contributed by atoms with Gasteiger partial charge in [-0.25, -0.2) is 0 Å². The van der Waals surface area contributed by atoms with Gasteiger partial charge in [-0.1, -0.05) is 97.3 Å². The molecule has 0 aromatic heterocycles. The molecule has 0 radical (unpaired) electrons. The first-order valence-corrected chi connectivity index (χ1v) is 18.3. The van der Waals surface area contributed by atoms with E-state index in [1.54, 1.807) is 11.6 Å². The number of rotatable bonds is 16. The van der Waals surface area contributed by atoms with Crippen molar-refractivity contribution in [3.05, 3.63) is 23.8 Å². The van der Waals surface area contributed by atoms with Crippen LogP contribution < -0.4 is 0 Å². The molecule has 4 nitrogen and oxygen atoms in total. The van der Waals surface area contributed by atoms with Crippen LogP contribution in [0.15, 0.2) is 23.8 Å². The molecule has 1 N–H and O–H groups in total. The fourth-order valence-corrected chi connectivity index (χ4v) is 10.4. The van der Waals surface area contributed by atoms with Gasteiger partial charge in [0, 0.05) is 12.8 Å². The zero-order valence-corrected chi connectivity index (χ0v) is 28.3. The molecule has 4 rings (SSSR count). The Labute approximate surface area is 263 Å². The summed E-state index contributed by atoms with van der Waals surface area (Å²) in [7, 11) is 0. The van der Waals surface area contributed by atoms with Gasteiger partial charge < -0.3 is 9.84 Å². The van der Waals surface area contributed by atoms with Crippen molar-refractivity contribution in [1.82, 2.24) is 0 Å². The minimum absolute atomic E-state index is 0.0229. The van der Waals surface area contributed by atoms with Gasteiger partial charge in [0.25, 0.3) is 0 Å². The number of allylic oxidation sites excluding steroid dienone is 2. The zero-order valence-electron chi connectivity index (χ0n) is 28.3. The molecule has 9 atom stereocenters. The first-order valence-electron chi connectivity index (χ1n) is 18.3. The number of carbonyl (C=O) groups excluding carboxylic acids is 2. The summed E-state index contributed by atoms with van der Waals surface area (Å²) in [6.45, 7) is 12.5. The topological polar surface area (TPSA) is 63.6 Å². The molecule has 0 aromatic rings. The second-order valence-corrected chi connectivity index (χ2v) is 16.0. The monoisotopic (exact) mass is 596 g/mol. The molecule has 0 saturated heterocycles. The predicted octanol–water partition coefficient (Wildman–Crippen LogP) is 9.79. The van der Waals surface area contributed by atoms with E-state index in [0.717, 1.165) is 80.5 Å². The standard InChI is InChI=1S/C39H64O4/c1-28(2)13-11-14-29(3)34-20-21-35-33-19-18-30-27-32(22-24-38(30,4)36(33)23-25-39(34,35)5)43-37(42)17-10-8-6-7-9-15-31(41)16-12-26-40/h12,16,18,26,28-29,31-36,41H,6-11,13-15,17,19-25,27H2,1-5H3/b16-12+/t29-,31?,32+,33+,34-,35+,36+,38+,39-/m1/s1. The number of aliphatic hydroxyl groups is 1. The van der Waals surface area contributed by atoms with E-state index in [4.69, 9.17) is 4.74 Å². The number of hydrogen-bond acceptors (Lipinski definition) is 4. The molecule has 3 fully saturated rings. The van der Waals surface area contributed by atoms with E-state index in [1.807, 2.05) is 0 Å². The number of aldehydes is 1. The molecule has 0 amide bonds. The van der Waals surface area contributed by atoms with Crippen molar-refractivity contribution in [2.24, 2.45) is 46.3 Å². The van der Waals surface area contributed by atoms with Crippen molar-refractivity contribution in [3.8, 4) is 0 Å². The number of carbonyl (C=O) groups is 2. The molecule has 0 spiro atoms. The van der Waals surface area contributed by atoms with Crippen LogP contribution in [0, 0.1) is 46.3 Å². The highest BCUT2D eigenvalue weighted by Crippen LogP contribution is 2.67. The lowest BCUT2D eigenvalue weighted by molar-refractivity contribution is -0.151. The lowest BCUT2D eigenvalue weighted by Gasteiger charge is -2.58. The average Bonchev–Trinajstić information content (AvgIpc) is 3.32. The minimum atomic E-state index is -0.533. The van der Waals surface area contributed by atoms with E-state index in [2.05, 4.69) is 40.7 Å². The molecular weight excluding hydrogens is 532 g/mol. The van der Waals surface area contributed by atoms with Gasteiger partial charge in [-0.15, -0.1) is 0 Å². The van der Waals surface area contributed by atoms with Crippen molar-refractivity contribution >= 4 is 12.3 Å². The summed E-state index contributed by atoms with van der Waals surface area (Å²) in [5.41, 5.74) is 2.43. The molecule has 43 heavy (non-hydrogen) atoms. The second kappa shape index (κ2) is 15.7. The maximum atomic E-state index is 12.7. The quantitative estimate of drug-likeness (QED) is 0.0633. The maximum absolute atomic E-state index is 12.7. The number of ether oxygens (including phenoxy) is 1. The fourth-order valence-electron chi connectivity index (χ4n) is 10.4. The van der Waals surface area contributed by atoms with Crippen LogP contribution in [0.5, 0.6) is 0 Å². The van der Waals surface area contributed by atoms with Gasteiger partial charge in [0.1, 0.15) is 12.4 Å². The number of fused-ring (bicyclic) bond motifs is 5. The van der Waals surface area contributed by atoms with Crippen LogP contribution in [0.3, 0.4) is 0 Å². The zero-order chi connectivity index (χ0) is 31.0. The van der Waals surface area contributed by atoms with Gasteiger partial charge >= 0.3 is 5.97 Å². The molecule has 0 aliphatic heterocycles. The van der Waals surface area contributed by atoms with E-state index >= 15 is 0 Å². The molecule has 4 aliphatic rings. The van der Waals surface area contributed by atoms with E-state index in [0.29, 0.717) is 30.0 Å². The lowest BCUT2D eigenvalue weighted by Crippen LogP contribution is -2.51. The maximum Gasteiger partial charge on any atom is 0.306 e. The Hall–Kier alpha value is -1.42. The third kappa shape index (κ3) is 8.44. The number of hydrogen-bond donors (Lipinski definition) is 1. The normalized spacial score (nSPS) is 35.1. The van der Waals surface area contributed by atoms with E-state index < -0.39 is 6.10 Å². The summed E-state index contributed by atoms with van der Waals surface area (Å²) in [5.74, 6) is 5.10. The number of aliphatic hydroxyl groups excluding tert-OH is 1. The lowest BCUT2D eigenvalue weighted by atomic mass is 9.47. The summed E-state index contributed by atoms with van der Waals surface area (Å²) >= 11 is 0. The van der Waals surface area contributed by atoms with Crippen molar-refractivity contribution < 1.29 is 19.4 Å². The fraction of sp³-hybridized carbons (Fsp3) is 0.846. The van der Waals surface area contributed by atoms with Crippen LogP contribution in [0.2, 0.25) is 0 Å². The molecule has 244 valence electrons. The molecule has 4 heteroatoms. The second-order valence-electron chi connectivity index (χ2n) is 16.0. The van der Waals surface area contributed by atoms with Gasteiger partial charge in [-0.05, 0) is 110 Å². The third-order valence-corrected chi connectivity index (χ3v) is 12.9. The molecule has 0 bridgehead atoms. The Bertz CT molecular complexity index is 966. The minimum Gasteiger partial charge on any atom is -0.462 e. The van der Waals surface area contributed by atoms with E-state index in [1.165, 1.54) is 63.9 Å². The van der Waals surface area contributed by atoms with Crippen LogP contribution >= 0.6 is 0 Å². The average molecular weight is 597 g/mol. The third-order valence-electron chi connectivity index (χ3n) is 12.9. The van der Waals surface area contributed by atoms with Crippen LogP contribution in [-0.4, -0.2) is 29.6 Å². The molecule has 4 aliphatic carbocycles. The first-order chi connectivity index (χ1) is 20.6. The van der Waals surface area contributed by atoms with Crippen molar-refractivity contribution in [2.75, 3.05) is 0 Å². The smallest absolute Gasteiger partial charge is 0.306 e. The van der Waals surface area contributed by atoms with E-state index in [-0.39, 0.29) is 12.1 Å². The van der Waals surface area contributed by atoms with Gasteiger partial charge in [-0.2, -0.15) is 0 Å². The van der Waals surface area contributed by atoms with Crippen LogP contribution in [0.4, 0.5) is 0 Å². The Morgan fingerprint density at radius 1 is 0.953 bits per heavy atom. The van der Waals surface area contributed by atoms with Crippen LogP contribution in [-0.2, 0) is 14.3 Å². The van der Waals surface area contributed by atoms with E-state index in [9.17, 15) is 14.7 Å². The number of unbranched alkanes of at least 4 members (excludes halogenated alkanes) is 4. The SMILES string of the molecule is CC(C)CCC[C@@H](C)[C@H]1CC[C@H]2[C@@H]3CC=C4C[C@@H](OC(=O)CCCCCCCC(O)/C=C/C=O)CC[C@]4(C)[C@H]3CC[C@]12C. The van der Waals surface area contributed by atoms with Gasteiger partial charge in [0.15, 0.2) is 0 Å². The van der Waals surface area contributed by atoms with Crippen molar-refractivity contribution in [2.45, 2.75) is 162 Å². The summed E-state index contributed by atoms with van der Waals surface area (Å²) in [6, 6.07) is 0. The van der Waals surface area contributed by atoms with Gasteiger partial charge in [-0.3, -0.25) is 9.59 Å². The summed E-state index contributed by atoms with van der Waals surface area (Å²) in [4.78, 5) is 23.0. The van der Waals surface area contributed by atoms with Gasteiger partial charge in [0.2, 0.25) is 0 Å². The highest BCUT2D eigenvalue weighted by molar-refractivity contribution is 5.69. The van der Waals surface area contributed by atoms with Crippen molar-refractivity contribution in [1.29, 1.82) is 0 Å². The predicted molar refractivity (Wildman–Crippen MR) is 176 cm³/mol. The summed E-state index contributed by atoms with van der Waals surface area (Å²) in [6.07, 6.45) is 26.1. The molecular formula is C39H64O4. The Balaban J connectivity index is 1.21. The molecule has 0 heterocycles. The molecule has 3 saturated carbocycles. The largest absolute Gasteiger partial charge is 0.462 e. The molecule has 1 unspecified atom stereocenters. The van der Waals surface area contributed by atoms with Crippen LogP contribution in [0.1, 0.15) is 150 Å². The van der Waals surface area contributed by atoms with Crippen molar-refractivity contribution in [3.63, 3.8) is 0 Å². The highest BCUT2D eigenvalue weighted by Gasteiger charge is 2.59. The van der Waals surface area contributed by atoms with Gasteiger partial charge in [0.05, 0.1) is 6.10 Å². The summed E-state index contributed by atoms with van der Waals surface area (Å²) < 4.78 is 6.04. The molecule has 0 aromatic carbocycles. The Morgan fingerprint density at radius 2 is 1.72 bits per heavy atom. The number of esters is 1. The summed E-state index contributed by atoms with van der Waals surface area (Å²) in [5, 5.41) is 9.76. The Morgan fingerprint density at radius 3 is 2.49 bits per heavy atom. The highest BCUT2D eigenvalue weighted by atomic mass is 16.5. The first kappa shape index (κ1) is 34.5. The Kier molecular flexibility index (Phi) is 12.6. The van der Waals surface area contributed by atoms with Crippen LogP contribution in [0.25, 0.3) is 0 Å².